The van der Waals surface area contributed by atoms with Gasteiger partial charge in [-0.25, -0.2) is 4.98 Å². The zero-order chi connectivity index (χ0) is 18.5. The van der Waals surface area contributed by atoms with Crippen LogP contribution in [-0.4, -0.2) is 42.1 Å². The SMILES string of the molecule is CCCN1CCC(NCc2cccnc2N2CCc3ccccc3C2)CC1. The molecule has 2 aliphatic rings. The summed E-state index contributed by atoms with van der Waals surface area (Å²) in [5.74, 6) is 1.16. The number of benzene rings is 1. The minimum atomic E-state index is 0.633. The smallest absolute Gasteiger partial charge is 0.133 e. The molecule has 1 fully saturated rings. The number of pyridine rings is 1. The summed E-state index contributed by atoms with van der Waals surface area (Å²) in [5, 5.41) is 3.81. The summed E-state index contributed by atoms with van der Waals surface area (Å²) < 4.78 is 0. The predicted octanol–water partition coefficient (Wildman–Crippen LogP) is 3.61. The van der Waals surface area contributed by atoms with Crippen molar-refractivity contribution in [2.24, 2.45) is 0 Å². The highest BCUT2D eigenvalue weighted by Crippen LogP contribution is 2.25. The lowest BCUT2D eigenvalue weighted by molar-refractivity contribution is 0.197. The normalized spacial score (nSPS) is 18.5. The first-order valence-corrected chi connectivity index (χ1v) is 10.5. The Morgan fingerprint density at radius 2 is 1.85 bits per heavy atom. The van der Waals surface area contributed by atoms with E-state index >= 15 is 0 Å². The molecule has 27 heavy (non-hydrogen) atoms. The molecule has 4 heteroatoms. The largest absolute Gasteiger partial charge is 0.352 e. The maximum Gasteiger partial charge on any atom is 0.133 e. The third-order valence-electron chi connectivity index (χ3n) is 6.01. The van der Waals surface area contributed by atoms with Crippen LogP contribution >= 0.6 is 0 Å². The third-order valence-corrected chi connectivity index (χ3v) is 6.01. The van der Waals surface area contributed by atoms with Crippen molar-refractivity contribution in [3.05, 3.63) is 59.3 Å². The fourth-order valence-electron chi connectivity index (χ4n) is 4.46. The van der Waals surface area contributed by atoms with Gasteiger partial charge in [-0.3, -0.25) is 0 Å². The van der Waals surface area contributed by atoms with Crippen molar-refractivity contribution in [2.75, 3.05) is 31.1 Å². The maximum absolute atomic E-state index is 4.75. The molecule has 4 nitrogen and oxygen atoms in total. The average molecular weight is 365 g/mol. The van der Waals surface area contributed by atoms with Crippen molar-refractivity contribution in [1.82, 2.24) is 15.2 Å². The maximum atomic E-state index is 4.75. The molecule has 3 heterocycles. The van der Waals surface area contributed by atoms with Gasteiger partial charge >= 0.3 is 0 Å². The van der Waals surface area contributed by atoms with Crippen molar-refractivity contribution < 1.29 is 0 Å². The van der Waals surface area contributed by atoms with E-state index in [0.29, 0.717) is 6.04 Å². The lowest BCUT2D eigenvalue weighted by atomic mass is 9.99. The van der Waals surface area contributed by atoms with Crippen molar-refractivity contribution in [3.63, 3.8) is 0 Å². The number of likely N-dealkylation sites (tertiary alicyclic amines) is 1. The van der Waals surface area contributed by atoms with Gasteiger partial charge in [-0.2, -0.15) is 0 Å². The highest BCUT2D eigenvalue weighted by Gasteiger charge is 2.21. The first-order chi connectivity index (χ1) is 13.3. The van der Waals surface area contributed by atoms with Gasteiger partial charge in [0.25, 0.3) is 0 Å². The number of anilines is 1. The number of hydrogen-bond acceptors (Lipinski definition) is 4. The van der Waals surface area contributed by atoms with Crippen LogP contribution in [-0.2, 0) is 19.5 Å². The Morgan fingerprint density at radius 1 is 1.04 bits per heavy atom. The van der Waals surface area contributed by atoms with Gasteiger partial charge in [0, 0.05) is 37.4 Å². The Hall–Kier alpha value is -1.91. The monoisotopic (exact) mass is 364 g/mol. The van der Waals surface area contributed by atoms with Crippen LogP contribution in [0.1, 0.15) is 42.9 Å². The molecule has 4 rings (SSSR count). The van der Waals surface area contributed by atoms with Crippen LogP contribution in [0.25, 0.3) is 0 Å². The molecule has 1 aromatic heterocycles. The molecule has 1 saturated heterocycles. The van der Waals surface area contributed by atoms with E-state index < -0.39 is 0 Å². The van der Waals surface area contributed by atoms with Crippen LogP contribution in [0.15, 0.2) is 42.6 Å². The van der Waals surface area contributed by atoms with E-state index in [1.165, 1.54) is 55.6 Å². The topological polar surface area (TPSA) is 31.4 Å². The molecule has 0 bridgehead atoms. The highest BCUT2D eigenvalue weighted by molar-refractivity contribution is 5.49. The van der Waals surface area contributed by atoms with E-state index in [0.717, 1.165) is 31.9 Å². The molecule has 144 valence electrons. The molecular weight excluding hydrogens is 332 g/mol. The molecule has 0 atom stereocenters. The molecule has 0 aliphatic carbocycles. The van der Waals surface area contributed by atoms with E-state index in [-0.39, 0.29) is 0 Å². The van der Waals surface area contributed by atoms with Crippen LogP contribution in [0.4, 0.5) is 5.82 Å². The molecule has 0 radical (unpaired) electrons. The highest BCUT2D eigenvalue weighted by atomic mass is 15.2. The summed E-state index contributed by atoms with van der Waals surface area (Å²) in [7, 11) is 0. The Kier molecular flexibility index (Phi) is 6.05. The number of aromatic nitrogens is 1. The zero-order valence-electron chi connectivity index (χ0n) is 16.5. The number of hydrogen-bond donors (Lipinski definition) is 1. The molecule has 2 aliphatic heterocycles. The standard InChI is InChI=1S/C23H32N4/c1-2-13-26-14-10-22(11-15-26)25-17-20-8-5-12-24-23(20)27-16-9-19-6-3-4-7-21(19)18-27/h3-8,12,22,25H,2,9-11,13-18H2,1H3. The molecule has 1 aromatic carbocycles. The summed E-state index contributed by atoms with van der Waals surface area (Å²) >= 11 is 0. The van der Waals surface area contributed by atoms with Crippen molar-refractivity contribution in [2.45, 2.75) is 51.7 Å². The van der Waals surface area contributed by atoms with Gasteiger partial charge in [-0.15, -0.1) is 0 Å². The van der Waals surface area contributed by atoms with Gasteiger partial charge in [-0.05, 0) is 62.5 Å². The minimum absolute atomic E-state index is 0.633. The van der Waals surface area contributed by atoms with E-state index in [4.69, 9.17) is 4.98 Å². The quantitative estimate of drug-likeness (QED) is 0.848. The van der Waals surface area contributed by atoms with Crippen molar-refractivity contribution in [3.8, 4) is 0 Å². The molecule has 0 spiro atoms. The van der Waals surface area contributed by atoms with Gasteiger partial charge in [0.15, 0.2) is 0 Å². The Labute approximate surface area is 163 Å². The summed E-state index contributed by atoms with van der Waals surface area (Å²) in [6.07, 6.45) is 6.81. The Morgan fingerprint density at radius 3 is 2.67 bits per heavy atom. The Balaban J connectivity index is 1.38. The first-order valence-electron chi connectivity index (χ1n) is 10.5. The van der Waals surface area contributed by atoms with Gasteiger partial charge in [0.2, 0.25) is 0 Å². The average Bonchev–Trinajstić information content (AvgIpc) is 2.73. The van der Waals surface area contributed by atoms with Crippen LogP contribution in [0, 0.1) is 0 Å². The van der Waals surface area contributed by atoms with Crippen LogP contribution < -0.4 is 10.2 Å². The minimum Gasteiger partial charge on any atom is -0.352 e. The van der Waals surface area contributed by atoms with Gasteiger partial charge in [-0.1, -0.05) is 37.3 Å². The van der Waals surface area contributed by atoms with Gasteiger partial charge in [0.05, 0.1) is 0 Å². The molecule has 0 unspecified atom stereocenters. The van der Waals surface area contributed by atoms with Crippen LogP contribution in [0.5, 0.6) is 0 Å². The van der Waals surface area contributed by atoms with Crippen molar-refractivity contribution >= 4 is 5.82 Å². The van der Waals surface area contributed by atoms with E-state index in [1.807, 2.05) is 6.20 Å². The van der Waals surface area contributed by atoms with Crippen LogP contribution in [0.3, 0.4) is 0 Å². The number of fused-ring (bicyclic) bond motifs is 1. The number of nitrogens with zero attached hydrogens (tertiary/aromatic N) is 3. The lowest BCUT2D eigenvalue weighted by Crippen LogP contribution is -2.42. The molecule has 0 saturated carbocycles. The van der Waals surface area contributed by atoms with Crippen LogP contribution in [0.2, 0.25) is 0 Å². The fourth-order valence-corrected chi connectivity index (χ4v) is 4.46. The van der Waals surface area contributed by atoms with Gasteiger partial charge < -0.3 is 15.1 Å². The third kappa shape index (κ3) is 4.50. The second kappa shape index (κ2) is 8.85. The number of nitrogens with one attached hydrogen (secondary N) is 1. The van der Waals surface area contributed by atoms with E-state index in [9.17, 15) is 0 Å². The summed E-state index contributed by atoms with van der Waals surface area (Å²) in [6.45, 7) is 8.91. The molecular formula is C23H32N4. The number of rotatable bonds is 6. The second-order valence-corrected chi connectivity index (χ2v) is 7.92. The molecule has 2 aromatic rings. The summed E-state index contributed by atoms with van der Waals surface area (Å²) in [6, 6.07) is 13.8. The van der Waals surface area contributed by atoms with Crippen molar-refractivity contribution in [1.29, 1.82) is 0 Å². The summed E-state index contributed by atoms with van der Waals surface area (Å²) in [5.41, 5.74) is 4.26. The van der Waals surface area contributed by atoms with E-state index in [1.54, 1.807) is 0 Å². The fraction of sp³-hybridized carbons (Fsp3) is 0.522. The zero-order valence-corrected chi connectivity index (χ0v) is 16.5. The predicted molar refractivity (Wildman–Crippen MR) is 112 cm³/mol. The number of piperidine rings is 1. The first kappa shape index (κ1) is 18.5. The molecule has 0 amide bonds. The summed E-state index contributed by atoms with van der Waals surface area (Å²) in [4.78, 5) is 9.80. The lowest BCUT2D eigenvalue weighted by Gasteiger charge is -2.33. The molecule has 1 N–H and O–H groups in total. The van der Waals surface area contributed by atoms with Gasteiger partial charge in [0.1, 0.15) is 5.82 Å². The second-order valence-electron chi connectivity index (χ2n) is 7.92. The Bertz CT molecular complexity index is 737. The van der Waals surface area contributed by atoms with E-state index in [2.05, 4.69) is 58.4 Å².